The fourth-order valence-electron chi connectivity index (χ4n) is 1.10. The van der Waals surface area contributed by atoms with Crippen LogP contribution in [0.4, 0.5) is 0 Å². The van der Waals surface area contributed by atoms with Crippen LogP contribution in [0.2, 0.25) is 0 Å². The van der Waals surface area contributed by atoms with E-state index in [9.17, 15) is 0 Å². The molecular formula is C13H22O2. The number of ether oxygens (including phenoxy) is 2. The lowest BCUT2D eigenvalue weighted by Gasteiger charge is -2.05. The topological polar surface area (TPSA) is 18.5 Å². The summed E-state index contributed by atoms with van der Waals surface area (Å²) in [7, 11) is 1.68. The van der Waals surface area contributed by atoms with Crippen LogP contribution in [0.5, 0.6) is 0 Å². The minimum Gasteiger partial charge on any atom is -0.382 e. The van der Waals surface area contributed by atoms with Gasteiger partial charge in [-0.15, -0.1) is 0 Å². The van der Waals surface area contributed by atoms with Gasteiger partial charge in [-0.25, -0.2) is 0 Å². The zero-order chi connectivity index (χ0) is 11.5. The van der Waals surface area contributed by atoms with Gasteiger partial charge in [0.15, 0.2) is 0 Å². The molecule has 0 saturated carbocycles. The third-order valence-corrected chi connectivity index (χ3v) is 1.95. The van der Waals surface area contributed by atoms with E-state index in [-0.39, 0.29) is 0 Å². The first kappa shape index (κ1) is 14.1. The zero-order valence-corrected chi connectivity index (χ0v) is 10.2. The smallest absolute Gasteiger partial charge is 0.0720 e. The first-order valence-electron chi connectivity index (χ1n) is 5.46. The van der Waals surface area contributed by atoms with Crippen LogP contribution in [0.1, 0.15) is 25.0 Å². The van der Waals surface area contributed by atoms with E-state index in [0.717, 1.165) is 0 Å². The van der Waals surface area contributed by atoms with E-state index in [4.69, 9.17) is 9.47 Å². The van der Waals surface area contributed by atoms with Gasteiger partial charge in [0.05, 0.1) is 19.8 Å². The molecule has 1 rings (SSSR count). The van der Waals surface area contributed by atoms with Gasteiger partial charge in [0, 0.05) is 7.11 Å². The van der Waals surface area contributed by atoms with Gasteiger partial charge in [0.25, 0.3) is 0 Å². The minimum atomic E-state index is 0.658. The van der Waals surface area contributed by atoms with E-state index in [2.05, 4.69) is 19.1 Å². The second-order valence-electron chi connectivity index (χ2n) is 2.97. The van der Waals surface area contributed by atoms with Crippen LogP contribution in [0.3, 0.4) is 0 Å². The molecule has 86 valence electrons. The van der Waals surface area contributed by atoms with Crippen LogP contribution in [0.15, 0.2) is 24.3 Å². The highest BCUT2D eigenvalue weighted by atomic mass is 16.5. The molecule has 2 heteroatoms. The molecule has 0 radical (unpaired) electrons. The molecule has 0 N–H and O–H groups in total. The molecule has 0 bridgehead atoms. The molecule has 2 nitrogen and oxygen atoms in total. The molecule has 15 heavy (non-hydrogen) atoms. The second-order valence-corrected chi connectivity index (χ2v) is 2.97. The minimum absolute atomic E-state index is 0.658. The summed E-state index contributed by atoms with van der Waals surface area (Å²) in [6.45, 7) is 8.09. The molecule has 0 atom stereocenters. The fraction of sp³-hybridized carbons (Fsp3) is 0.538. The van der Waals surface area contributed by atoms with Crippen molar-refractivity contribution in [2.75, 3.05) is 20.3 Å². The van der Waals surface area contributed by atoms with Crippen LogP contribution in [0.25, 0.3) is 0 Å². The van der Waals surface area contributed by atoms with Crippen molar-refractivity contribution >= 4 is 0 Å². The van der Waals surface area contributed by atoms with E-state index in [1.165, 1.54) is 11.1 Å². The number of aryl methyl sites for hydroxylation is 1. The Bertz CT molecular complexity index is 246. The number of methoxy groups -OCH3 is 1. The highest BCUT2D eigenvalue weighted by Crippen LogP contribution is 2.07. The van der Waals surface area contributed by atoms with Gasteiger partial charge in [-0.2, -0.15) is 0 Å². The normalized spacial score (nSPS) is 9.33. The zero-order valence-electron chi connectivity index (χ0n) is 10.2. The van der Waals surface area contributed by atoms with E-state index >= 15 is 0 Å². The molecule has 1 aromatic carbocycles. The van der Waals surface area contributed by atoms with Crippen molar-refractivity contribution in [3.63, 3.8) is 0 Å². The molecule has 0 aliphatic heterocycles. The molecule has 0 unspecified atom stereocenters. The molecule has 0 heterocycles. The van der Waals surface area contributed by atoms with Crippen molar-refractivity contribution in [1.29, 1.82) is 0 Å². The van der Waals surface area contributed by atoms with Gasteiger partial charge in [-0.05, 0) is 18.1 Å². The van der Waals surface area contributed by atoms with E-state index in [0.29, 0.717) is 19.8 Å². The lowest BCUT2D eigenvalue weighted by atomic mass is 10.1. The first-order valence-corrected chi connectivity index (χ1v) is 5.46. The highest BCUT2D eigenvalue weighted by Gasteiger charge is 1.95. The Morgan fingerprint density at radius 1 is 1.07 bits per heavy atom. The largest absolute Gasteiger partial charge is 0.382 e. The molecule has 0 aliphatic carbocycles. The summed E-state index contributed by atoms with van der Waals surface area (Å²) in [5.41, 5.74) is 2.53. The molecule has 0 saturated heterocycles. The van der Waals surface area contributed by atoms with Crippen molar-refractivity contribution in [1.82, 2.24) is 0 Å². The predicted molar refractivity (Wildman–Crippen MR) is 64.1 cm³/mol. The Morgan fingerprint density at radius 2 is 1.73 bits per heavy atom. The molecule has 0 amide bonds. The number of benzene rings is 1. The summed E-state index contributed by atoms with van der Waals surface area (Å²) in [4.78, 5) is 0. The maximum absolute atomic E-state index is 5.42. The number of hydrogen-bond donors (Lipinski definition) is 0. The summed E-state index contributed by atoms with van der Waals surface area (Å²) >= 11 is 0. The van der Waals surface area contributed by atoms with Gasteiger partial charge >= 0.3 is 0 Å². The van der Waals surface area contributed by atoms with Gasteiger partial charge in [0.2, 0.25) is 0 Å². The third kappa shape index (κ3) is 6.26. The highest BCUT2D eigenvalue weighted by molar-refractivity contribution is 5.24. The first-order chi connectivity index (χ1) is 7.34. The lowest BCUT2D eigenvalue weighted by Crippen LogP contribution is -2.02. The van der Waals surface area contributed by atoms with E-state index in [1.54, 1.807) is 7.11 Å². The Kier molecular flexibility index (Phi) is 9.13. The number of rotatable bonds is 5. The van der Waals surface area contributed by atoms with E-state index < -0.39 is 0 Å². The maximum Gasteiger partial charge on any atom is 0.0720 e. The number of hydrogen-bond acceptors (Lipinski definition) is 2. The molecule has 0 fully saturated rings. The third-order valence-electron chi connectivity index (χ3n) is 1.95. The van der Waals surface area contributed by atoms with Crippen LogP contribution in [-0.4, -0.2) is 20.3 Å². The van der Waals surface area contributed by atoms with Crippen molar-refractivity contribution in [3.8, 4) is 0 Å². The quantitative estimate of drug-likeness (QED) is 0.695. The predicted octanol–water partition coefficient (Wildman–Crippen LogP) is 3.18. The molecular weight excluding hydrogens is 188 g/mol. The van der Waals surface area contributed by atoms with Gasteiger partial charge in [-0.3, -0.25) is 0 Å². The molecule has 1 aromatic rings. The standard InChI is InChI=1S/C11H16O2.C2H6/c1-10-5-3-4-6-11(10)9-13-8-7-12-2;1-2/h3-6H,7-9H2,1-2H3;1-2H3. The van der Waals surface area contributed by atoms with Gasteiger partial charge < -0.3 is 9.47 Å². The summed E-state index contributed by atoms with van der Waals surface area (Å²) < 4.78 is 10.3. The van der Waals surface area contributed by atoms with E-state index in [1.807, 2.05) is 26.0 Å². The van der Waals surface area contributed by atoms with Crippen LogP contribution < -0.4 is 0 Å². The van der Waals surface area contributed by atoms with Crippen molar-refractivity contribution in [2.45, 2.75) is 27.4 Å². The monoisotopic (exact) mass is 210 g/mol. The van der Waals surface area contributed by atoms with Crippen molar-refractivity contribution < 1.29 is 9.47 Å². The summed E-state index contributed by atoms with van der Waals surface area (Å²) in [6, 6.07) is 8.24. The Morgan fingerprint density at radius 3 is 2.33 bits per heavy atom. The average Bonchev–Trinajstić information content (AvgIpc) is 2.29. The summed E-state index contributed by atoms with van der Waals surface area (Å²) in [5, 5.41) is 0. The van der Waals surface area contributed by atoms with Gasteiger partial charge in [-0.1, -0.05) is 38.1 Å². The Balaban J connectivity index is 0.000000921. The lowest BCUT2D eigenvalue weighted by molar-refractivity contribution is 0.0614. The summed E-state index contributed by atoms with van der Waals surface area (Å²) in [6.07, 6.45) is 0. The fourth-order valence-corrected chi connectivity index (χ4v) is 1.10. The summed E-state index contributed by atoms with van der Waals surface area (Å²) in [5.74, 6) is 0. The molecule has 0 aromatic heterocycles. The second kappa shape index (κ2) is 9.69. The average molecular weight is 210 g/mol. The van der Waals surface area contributed by atoms with Crippen LogP contribution >= 0.6 is 0 Å². The molecule has 0 aliphatic rings. The SMILES string of the molecule is CC.COCCOCc1ccccc1C. The van der Waals surface area contributed by atoms with Crippen LogP contribution in [-0.2, 0) is 16.1 Å². The Hall–Kier alpha value is -0.860. The van der Waals surface area contributed by atoms with Crippen LogP contribution in [0, 0.1) is 6.92 Å². The van der Waals surface area contributed by atoms with Crippen molar-refractivity contribution in [2.24, 2.45) is 0 Å². The maximum atomic E-state index is 5.42. The Labute approximate surface area is 93.2 Å². The molecule has 0 spiro atoms. The van der Waals surface area contributed by atoms with Gasteiger partial charge in [0.1, 0.15) is 0 Å². The van der Waals surface area contributed by atoms with Crippen molar-refractivity contribution in [3.05, 3.63) is 35.4 Å².